The highest BCUT2D eigenvalue weighted by molar-refractivity contribution is 5.99. The van der Waals surface area contributed by atoms with Gasteiger partial charge in [0.05, 0.1) is 29.2 Å². The lowest BCUT2D eigenvalue weighted by atomic mass is 9.97. The van der Waals surface area contributed by atoms with Crippen molar-refractivity contribution >= 4 is 28.6 Å². The quantitative estimate of drug-likeness (QED) is 0.801. The zero-order valence-electron chi connectivity index (χ0n) is 17.0. The highest BCUT2D eigenvalue weighted by Gasteiger charge is 2.28. The van der Waals surface area contributed by atoms with Crippen LogP contribution in [0.5, 0.6) is 0 Å². The molecule has 1 fully saturated rings. The molecule has 29 heavy (non-hydrogen) atoms. The van der Waals surface area contributed by atoms with Gasteiger partial charge in [-0.2, -0.15) is 0 Å². The number of rotatable bonds is 4. The molecule has 2 aliphatic rings. The first-order valence-electron chi connectivity index (χ1n) is 10.2. The van der Waals surface area contributed by atoms with Gasteiger partial charge in [0.2, 0.25) is 5.43 Å². The molecule has 1 N–H and O–H groups in total. The van der Waals surface area contributed by atoms with Crippen molar-refractivity contribution in [2.75, 3.05) is 31.1 Å². The Balaban J connectivity index is 2.00. The molecule has 1 saturated heterocycles. The van der Waals surface area contributed by atoms with E-state index in [-0.39, 0.29) is 29.6 Å². The standard InChI is InChI=1S/C22H26FN3O3/c1-4-14-6-7-15-19-16(21(27)17(12-26(14)19)22(28)29-5-2)10-18(23)20(15)25-9-8-24-13(3)11-25/h6-7,10,12-14,24H,4-5,8-9,11H2,1-3H3. The zero-order valence-corrected chi connectivity index (χ0v) is 17.0. The summed E-state index contributed by atoms with van der Waals surface area (Å²) >= 11 is 0. The molecule has 0 spiro atoms. The molecule has 7 heteroatoms. The second-order valence-corrected chi connectivity index (χ2v) is 7.65. The molecule has 2 aromatic rings. The number of carbonyl (C=O) groups is 1. The van der Waals surface area contributed by atoms with E-state index in [1.807, 2.05) is 28.5 Å². The Hall–Kier alpha value is -2.67. The van der Waals surface area contributed by atoms with Crippen LogP contribution in [0.2, 0.25) is 0 Å². The van der Waals surface area contributed by atoms with Gasteiger partial charge in [-0.05, 0) is 26.3 Å². The number of nitrogens with one attached hydrogen (secondary N) is 1. The molecule has 0 saturated carbocycles. The Kier molecular flexibility index (Phi) is 5.17. The van der Waals surface area contributed by atoms with Crippen molar-refractivity contribution in [3.05, 3.63) is 45.5 Å². The number of esters is 1. The first-order valence-corrected chi connectivity index (χ1v) is 10.2. The molecule has 2 atom stereocenters. The number of hydrogen-bond acceptors (Lipinski definition) is 5. The summed E-state index contributed by atoms with van der Waals surface area (Å²) in [6, 6.07) is 1.52. The van der Waals surface area contributed by atoms with Gasteiger partial charge < -0.3 is 19.5 Å². The van der Waals surface area contributed by atoms with Gasteiger partial charge in [-0.1, -0.05) is 19.1 Å². The van der Waals surface area contributed by atoms with Crippen molar-refractivity contribution in [1.29, 1.82) is 0 Å². The minimum absolute atomic E-state index is 0.0148. The van der Waals surface area contributed by atoms with Crippen LogP contribution in [0.1, 0.15) is 49.2 Å². The van der Waals surface area contributed by atoms with Crippen LogP contribution in [0.3, 0.4) is 0 Å². The lowest BCUT2D eigenvalue weighted by molar-refractivity contribution is 0.0524. The van der Waals surface area contributed by atoms with Crippen LogP contribution in [0.25, 0.3) is 17.0 Å². The maximum absolute atomic E-state index is 15.3. The third-order valence-corrected chi connectivity index (χ3v) is 5.72. The van der Waals surface area contributed by atoms with E-state index < -0.39 is 17.2 Å². The smallest absolute Gasteiger partial charge is 0.343 e. The van der Waals surface area contributed by atoms with E-state index >= 15 is 4.39 Å². The van der Waals surface area contributed by atoms with Crippen LogP contribution in [-0.4, -0.2) is 42.8 Å². The van der Waals surface area contributed by atoms with Gasteiger partial charge in [0.1, 0.15) is 11.4 Å². The summed E-state index contributed by atoms with van der Waals surface area (Å²) in [5, 5.41) is 3.59. The topological polar surface area (TPSA) is 63.6 Å². The number of ether oxygens (including phenoxy) is 1. The molecule has 154 valence electrons. The average molecular weight is 399 g/mol. The Bertz CT molecular complexity index is 1060. The highest BCUT2D eigenvalue weighted by atomic mass is 19.1. The predicted octanol–water partition coefficient (Wildman–Crippen LogP) is 3.09. The van der Waals surface area contributed by atoms with E-state index in [9.17, 15) is 9.59 Å². The van der Waals surface area contributed by atoms with Crippen molar-refractivity contribution in [3.63, 3.8) is 0 Å². The maximum atomic E-state index is 15.3. The fourth-order valence-electron chi connectivity index (χ4n) is 4.37. The first kappa shape index (κ1) is 19.6. The minimum Gasteiger partial charge on any atom is -0.462 e. The van der Waals surface area contributed by atoms with Crippen molar-refractivity contribution in [2.24, 2.45) is 0 Å². The van der Waals surface area contributed by atoms with E-state index in [0.29, 0.717) is 29.9 Å². The molecule has 3 heterocycles. The number of anilines is 1. The van der Waals surface area contributed by atoms with Crippen molar-refractivity contribution < 1.29 is 13.9 Å². The number of carbonyl (C=O) groups excluding carboxylic acids is 1. The van der Waals surface area contributed by atoms with Gasteiger partial charge in [0.15, 0.2) is 0 Å². The van der Waals surface area contributed by atoms with Crippen LogP contribution >= 0.6 is 0 Å². The van der Waals surface area contributed by atoms with Crippen LogP contribution in [0.4, 0.5) is 10.1 Å². The van der Waals surface area contributed by atoms with E-state index in [1.54, 1.807) is 13.1 Å². The zero-order chi connectivity index (χ0) is 20.7. The Morgan fingerprint density at radius 3 is 2.86 bits per heavy atom. The Morgan fingerprint density at radius 2 is 2.17 bits per heavy atom. The van der Waals surface area contributed by atoms with Gasteiger partial charge in [0, 0.05) is 37.4 Å². The molecule has 2 unspecified atom stereocenters. The number of allylic oxidation sites excluding steroid dienone is 1. The van der Waals surface area contributed by atoms with Gasteiger partial charge >= 0.3 is 5.97 Å². The fourth-order valence-corrected chi connectivity index (χ4v) is 4.37. The molecular formula is C22H26FN3O3. The summed E-state index contributed by atoms with van der Waals surface area (Å²) in [5.74, 6) is -1.11. The van der Waals surface area contributed by atoms with E-state index in [2.05, 4.69) is 12.2 Å². The first-order chi connectivity index (χ1) is 14.0. The number of halogens is 1. The van der Waals surface area contributed by atoms with Crippen molar-refractivity contribution in [1.82, 2.24) is 9.88 Å². The average Bonchev–Trinajstić information content (AvgIpc) is 2.70. The SMILES string of the molecule is CCOC(=O)c1cn2c3c(c(N4CCNC(C)C4)c(F)cc3c1=O)C=CC2CC. The largest absolute Gasteiger partial charge is 0.462 e. The van der Waals surface area contributed by atoms with Gasteiger partial charge in [-0.3, -0.25) is 4.79 Å². The van der Waals surface area contributed by atoms with E-state index in [1.165, 1.54) is 6.07 Å². The van der Waals surface area contributed by atoms with E-state index in [0.717, 1.165) is 13.0 Å². The van der Waals surface area contributed by atoms with Crippen LogP contribution in [0.15, 0.2) is 23.1 Å². The number of hydrogen-bond donors (Lipinski definition) is 1. The molecule has 0 radical (unpaired) electrons. The summed E-state index contributed by atoms with van der Waals surface area (Å²) in [7, 11) is 0. The molecule has 4 rings (SSSR count). The number of piperazine rings is 1. The molecule has 0 bridgehead atoms. The van der Waals surface area contributed by atoms with Gasteiger partial charge in [0.25, 0.3) is 0 Å². The van der Waals surface area contributed by atoms with Crippen molar-refractivity contribution in [3.8, 4) is 0 Å². The minimum atomic E-state index is -0.672. The Morgan fingerprint density at radius 1 is 1.38 bits per heavy atom. The number of nitrogens with zero attached hydrogens (tertiary/aromatic N) is 2. The van der Waals surface area contributed by atoms with Gasteiger partial charge in [-0.25, -0.2) is 9.18 Å². The van der Waals surface area contributed by atoms with Crippen LogP contribution in [0, 0.1) is 5.82 Å². The fraction of sp³-hybridized carbons (Fsp3) is 0.455. The molecule has 6 nitrogen and oxygen atoms in total. The highest BCUT2D eigenvalue weighted by Crippen LogP contribution is 2.38. The summed E-state index contributed by atoms with van der Waals surface area (Å²) < 4.78 is 22.3. The monoisotopic (exact) mass is 399 g/mol. The third-order valence-electron chi connectivity index (χ3n) is 5.72. The lowest BCUT2D eigenvalue weighted by Crippen LogP contribution is -2.49. The molecule has 1 aromatic heterocycles. The molecular weight excluding hydrogens is 373 g/mol. The third kappa shape index (κ3) is 3.23. The predicted molar refractivity (Wildman–Crippen MR) is 112 cm³/mol. The van der Waals surface area contributed by atoms with Crippen LogP contribution in [-0.2, 0) is 4.74 Å². The summed E-state index contributed by atoms with van der Waals surface area (Å²) in [6.45, 7) is 8.12. The summed E-state index contributed by atoms with van der Waals surface area (Å²) in [5.41, 5.74) is 1.36. The Labute approximate surface area is 168 Å². The normalized spacial score (nSPS) is 20.9. The van der Waals surface area contributed by atoms with E-state index in [4.69, 9.17) is 4.74 Å². The maximum Gasteiger partial charge on any atom is 0.343 e. The van der Waals surface area contributed by atoms with Gasteiger partial charge in [-0.15, -0.1) is 0 Å². The summed E-state index contributed by atoms with van der Waals surface area (Å²) in [6.07, 6.45) is 6.29. The molecule has 0 aliphatic carbocycles. The number of pyridine rings is 1. The molecule has 1 aromatic carbocycles. The lowest BCUT2D eigenvalue weighted by Gasteiger charge is -2.36. The van der Waals surface area contributed by atoms with Crippen LogP contribution < -0.4 is 15.6 Å². The second-order valence-electron chi connectivity index (χ2n) is 7.65. The van der Waals surface area contributed by atoms with Crippen molar-refractivity contribution in [2.45, 2.75) is 39.3 Å². The molecule has 0 amide bonds. The second kappa shape index (κ2) is 7.63. The number of aromatic nitrogens is 1. The molecule has 2 aliphatic heterocycles. The summed E-state index contributed by atoms with van der Waals surface area (Å²) in [4.78, 5) is 27.4. The number of benzene rings is 1.